The molecule has 10 nitrogen and oxygen atoms in total. The molecule has 0 bridgehead atoms. The van der Waals surface area contributed by atoms with Crippen molar-refractivity contribution < 1.29 is 9.84 Å². The molecule has 0 saturated heterocycles. The number of aliphatic hydroxyl groups excluding tert-OH is 1. The van der Waals surface area contributed by atoms with E-state index in [1.807, 2.05) is 68.4 Å². The summed E-state index contributed by atoms with van der Waals surface area (Å²) in [6.07, 6.45) is -0.964. The quantitative estimate of drug-likeness (QED) is 0.297. The normalized spacial score (nSPS) is 12.7. The van der Waals surface area contributed by atoms with E-state index in [2.05, 4.69) is 15.5 Å². The van der Waals surface area contributed by atoms with Gasteiger partial charge >= 0.3 is 5.69 Å². The molecule has 0 aliphatic rings. The number of nitrogens with zero attached hydrogens (tertiary/aromatic N) is 5. The van der Waals surface area contributed by atoms with Crippen LogP contribution in [-0.4, -0.2) is 42.2 Å². The minimum absolute atomic E-state index is 0.00192. The van der Waals surface area contributed by atoms with Gasteiger partial charge in [0.15, 0.2) is 11.2 Å². The van der Waals surface area contributed by atoms with Crippen LogP contribution in [0.5, 0.6) is 5.75 Å². The molecule has 4 rings (SSSR count). The molecule has 1 unspecified atom stereocenters. The summed E-state index contributed by atoms with van der Waals surface area (Å²) in [6, 6.07) is 17.1. The average molecular weight is 477 g/mol. The molecule has 10 heteroatoms. The largest absolute Gasteiger partial charge is 0.491 e. The Kier molecular flexibility index (Phi) is 6.83. The Labute approximate surface area is 201 Å². The maximum absolute atomic E-state index is 13.0. The highest BCUT2D eigenvalue weighted by molar-refractivity contribution is 5.99. The minimum Gasteiger partial charge on any atom is -0.491 e. The van der Waals surface area contributed by atoms with Gasteiger partial charge in [0.05, 0.1) is 12.3 Å². The van der Waals surface area contributed by atoms with Crippen LogP contribution in [0.25, 0.3) is 11.2 Å². The third-order valence-corrected chi connectivity index (χ3v) is 5.78. The lowest BCUT2D eigenvalue weighted by Crippen LogP contribution is -2.38. The molecule has 2 heterocycles. The van der Waals surface area contributed by atoms with Crippen LogP contribution in [0.1, 0.15) is 18.1 Å². The summed E-state index contributed by atoms with van der Waals surface area (Å²) in [7, 11) is 2.95. The summed E-state index contributed by atoms with van der Waals surface area (Å²) >= 11 is 0. The number of aryl methyl sites for hydroxylation is 2. The number of fused-ring (bicyclic) bond motifs is 1. The Bertz CT molecular complexity index is 1500. The van der Waals surface area contributed by atoms with Gasteiger partial charge in [-0.3, -0.25) is 13.9 Å². The minimum atomic E-state index is -0.964. The molecule has 1 atom stereocenters. The van der Waals surface area contributed by atoms with E-state index in [9.17, 15) is 14.7 Å². The van der Waals surface area contributed by atoms with Gasteiger partial charge < -0.3 is 14.4 Å². The van der Waals surface area contributed by atoms with Gasteiger partial charge in [-0.15, -0.1) is 0 Å². The number of para-hydroxylation sites is 1. The van der Waals surface area contributed by atoms with Gasteiger partial charge in [-0.25, -0.2) is 10.2 Å². The first-order valence-corrected chi connectivity index (χ1v) is 11.2. The number of hydrazone groups is 1. The molecule has 0 saturated carbocycles. The van der Waals surface area contributed by atoms with E-state index >= 15 is 0 Å². The summed E-state index contributed by atoms with van der Waals surface area (Å²) in [5, 5.41) is 15.2. The van der Waals surface area contributed by atoms with Gasteiger partial charge in [0.25, 0.3) is 5.56 Å². The van der Waals surface area contributed by atoms with Gasteiger partial charge in [-0.05, 0) is 31.0 Å². The second-order valence-corrected chi connectivity index (χ2v) is 8.33. The fourth-order valence-electron chi connectivity index (χ4n) is 3.76. The summed E-state index contributed by atoms with van der Waals surface area (Å²) in [5.74, 6) is 0.894. The lowest BCUT2D eigenvalue weighted by Gasteiger charge is -2.16. The number of anilines is 1. The van der Waals surface area contributed by atoms with E-state index in [1.165, 1.54) is 16.2 Å². The molecule has 35 heavy (non-hydrogen) atoms. The number of ether oxygens (including phenoxy) is 1. The SMILES string of the molecule is CC(=NNc1nc2c(c(=O)n(C)c(=O)n2C)n1CC(O)COc1ccccc1C)c1ccccc1. The topological polar surface area (TPSA) is 116 Å². The summed E-state index contributed by atoms with van der Waals surface area (Å²) < 4.78 is 9.62. The lowest BCUT2D eigenvalue weighted by molar-refractivity contribution is 0.0935. The van der Waals surface area contributed by atoms with Crippen LogP contribution in [0.3, 0.4) is 0 Å². The zero-order valence-corrected chi connectivity index (χ0v) is 20.1. The number of imidazole rings is 1. The smallest absolute Gasteiger partial charge is 0.332 e. The van der Waals surface area contributed by atoms with E-state index in [0.29, 0.717) is 11.5 Å². The molecular formula is C25H28N6O4. The maximum atomic E-state index is 13.0. The van der Waals surface area contributed by atoms with Crippen molar-refractivity contribution in [2.45, 2.75) is 26.5 Å². The third kappa shape index (κ3) is 4.87. The number of benzene rings is 2. The van der Waals surface area contributed by atoms with Crippen molar-refractivity contribution in [2.24, 2.45) is 19.2 Å². The van der Waals surface area contributed by atoms with Crippen molar-refractivity contribution >= 4 is 22.8 Å². The van der Waals surface area contributed by atoms with Gasteiger partial charge in [0.2, 0.25) is 5.95 Å². The summed E-state index contributed by atoms with van der Waals surface area (Å²) in [6.45, 7) is 3.76. The highest BCUT2D eigenvalue weighted by Crippen LogP contribution is 2.19. The fourth-order valence-corrected chi connectivity index (χ4v) is 3.76. The Balaban J connectivity index is 1.70. The predicted octanol–water partition coefficient (Wildman–Crippen LogP) is 2.02. The molecule has 2 N–H and O–H groups in total. The molecule has 182 valence electrons. The highest BCUT2D eigenvalue weighted by atomic mass is 16.5. The maximum Gasteiger partial charge on any atom is 0.332 e. The van der Waals surface area contributed by atoms with Crippen LogP contribution in [0.4, 0.5) is 5.95 Å². The van der Waals surface area contributed by atoms with Crippen LogP contribution in [0.15, 0.2) is 69.3 Å². The van der Waals surface area contributed by atoms with E-state index in [4.69, 9.17) is 4.74 Å². The van der Waals surface area contributed by atoms with Crippen molar-refractivity contribution in [1.29, 1.82) is 0 Å². The number of aromatic nitrogens is 4. The predicted molar refractivity (Wildman–Crippen MR) is 135 cm³/mol. The highest BCUT2D eigenvalue weighted by Gasteiger charge is 2.21. The second kappa shape index (κ2) is 9.98. The molecule has 0 amide bonds. The number of hydrogen-bond acceptors (Lipinski definition) is 7. The first-order valence-electron chi connectivity index (χ1n) is 11.2. The van der Waals surface area contributed by atoms with Gasteiger partial charge in [-0.1, -0.05) is 48.5 Å². The van der Waals surface area contributed by atoms with E-state index in [1.54, 1.807) is 7.05 Å². The van der Waals surface area contributed by atoms with Crippen molar-refractivity contribution in [3.05, 3.63) is 86.6 Å². The van der Waals surface area contributed by atoms with Crippen molar-refractivity contribution in [3.8, 4) is 5.75 Å². The van der Waals surface area contributed by atoms with Crippen LogP contribution < -0.4 is 21.4 Å². The number of aliphatic hydroxyl groups is 1. The zero-order valence-electron chi connectivity index (χ0n) is 20.1. The fraction of sp³-hybridized carbons (Fsp3) is 0.280. The van der Waals surface area contributed by atoms with Crippen molar-refractivity contribution in [1.82, 2.24) is 18.7 Å². The Morgan fingerprint density at radius 1 is 1.09 bits per heavy atom. The van der Waals surface area contributed by atoms with E-state index in [0.717, 1.165) is 15.7 Å². The average Bonchev–Trinajstić information content (AvgIpc) is 3.22. The Morgan fingerprint density at radius 3 is 2.49 bits per heavy atom. The van der Waals surface area contributed by atoms with Crippen molar-refractivity contribution in [3.63, 3.8) is 0 Å². The molecule has 4 aromatic rings. The molecule has 0 aliphatic heterocycles. The Hall–Kier alpha value is -4.18. The van der Waals surface area contributed by atoms with Gasteiger partial charge in [0, 0.05) is 14.1 Å². The number of rotatable bonds is 8. The molecule has 2 aromatic carbocycles. The van der Waals surface area contributed by atoms with Crippen LogP contribution in [0, 0.1) is 6.92 Å². The molecule has 0 aliphatic carbocycles. The second-order valence-electron chi connectivity index (χ2n) is 8.33. The number of nitrogens with one attached hydrogen (secondary N) is 1. The van der Waals surface area contributed by atoms with E-state index in [-0.39, 0.29) is 30.3 Å². The monoisotopic (exact) mass is 476 g/mol. The molecule has 0 fully saturated rings. The first kappa shape index (κ1) is 24.0. The summed E-state index contributed by atoms with van der Waals surface area (Å²) in [5.41, 5.74) is 4.84. The van der Waals surface area contributed by atoms with Crippen LogP contribution in [0.2, 0.25) is 0 Å². The molecule has 0 radical (unpaired) electrons. The van der Waals surface area contributed by atoms with Crippen molar-refractivity contribution in [2.75, 3.05) is 12.0 Å². The molecule has 2 aromatic heterocycles. The lowest BCUT2D eigenvalue weighted by atomic mass is 10.1. The standard InChI is InChI=1S/C25H28N6O4/c1-16-10-8-9-13-20(16)35-15-19(32)14-31-21-22(29(3)25(34)30(4)23(21)33)26-24(31)28-27-17(2)18-11-6-5-7-12-18/h5-13,19,32H,14-15H2,1-4H3,(H,26,28). The van der Waals surface area contributed by atoms with Crippen LogP contribution in [-0.2, 0) is 20.6 Å². The van der Waals surface area contributed by atoms with Gasteiger partial charge in [-0.2, -0.15) is 10.1 Å². The summed E-state index contributed by atoms with van der Waals surface area (Å²) in [4.78, 5) is 29.9. The molecule has 0 spiro atoms. The zero-order chi connectivity index (χ0) is 25.1. The molecular weight excluding hydrogens is 448 g/mol. The van der Waals surface area contributed by atoms with Crippen LogP contribution >= 0.6 is 0 Å². The number of hydrogen-bond donors (Lipinski definition) is 2. The Morgan fingerprint density at radius 2 is 1.77 bits per heavy atom. The first-order chi connectivity index (χ1) is 16.8. The van der Waals surface area contributed by atoms with Gasteiger partial charge in [0.1, 0.15) is 18.5 Å². The van der Waals surface area contributed by atoms with E-state index < -0.39 is 17.4 Å². The third-order valence-electron chi connectivity index (χ3n) is 5.78.